The van der Waals surface area contributed by atoms with Crippen molar-refractivity contribution >= 4 is 34.4 Å². The molecule has 2 aliphatic heterocycles. The summed E-state index contributed by atoms with van der Waals surface area (Å²) in [5.41, 5.74) is 1.75. The highest BCUT2D eigenvalue weighted by atomic mass is 16.5. The summed E-state index contributed by atoms with van der Waals surface area (Å²) in [4.78, 5) is 47.6. The number of carbonyl (C=O) groups excluding carboxylic acids is 2. The molecule has 1 saturated heterocycles. The number of aliphatic carboxylic acids is 1. The van der Waals surface area contributed by atoms with Gasteiger partial charge in [0.2, 0.25) is 11.8 Å². The molecule has 0 radical (unpaired) electrons. The molecule has 1 aromatic heterocycles. The van der Waals surface area contributed by atoms with Crippen molar-refractivity contribution in [3.8, 4) is 22.8 Å². The molecule has 4 aromatic rings. The van der Waals surface area contributed by atoms with Gasteiger partial charge in [-0.1, -0.05) is 73.5 Å². The smallest absolute Gasteiger partial charge is 0.330 e. The summed E-state index contributed by atoms with van der Waals surface area (Å²) in [6.45, 7) is 0.161. The lowest BCUT2D eigenvalue weighted by Gasteiger charge is -2.30. The Morgan fingerprint density at radius 2 is 1.78 bits per heavy atom. The molecule has 10 nitrogen and oxygen atoms in total. The van der Waals surface area contributed by atoms with Crippen LogP contribution in [0.4, 0.5) is 5.69 Å². The number of aromatic nitrogens is 1. The second kappa shape index (κ2) is 14.2. The monoisotopic (exact) mass is 674 g/mol. The van der Waals surface area contributed by atoms with Crippen LogP contribution >= 0.6 is 0 Å². The molecule has 2 fully saturated rings. The first-order chi connectivity index (χ1) is 24.3. The molecule has 5 atom stereocenters. The Bertz CT molecular complexity index is 1900. The highest BCUT2D eigenvalue weighted by Gasteiger charge is 2.61. The molecule has 10 heteroatoms. The van der Waals surface area contributed by atoms with Gasteiger partial charge in [-0.15, -0.1) is 0 Å². The Balaban J connectivity index is 1.23. The normalized spacial score (nSPS) is 26.1. The van der Waals surface area contributed by atoms with E-state index in [2.05, 4.69) is 10.6 Å². The Morgan fingerprint density at radius 1 is 1.00 bits per heavy atom. The first-order valence-electron chi connectivity index (χ1n) is 17.4. The largest absolute Gasteiger partial charge is 0.497 e. The number of fused-ring (bicyclic) bond motifs is 3. The molecule has 3 aliphatic rings. The van der Waals surface area contributed by atoms with Crippen LogP contribution in [0.15, 0.2) is 97.1 Å². The van der Waals surface area contributed by atoms with Crippen molar-refractivity contribution in [2.75, 3.05) is 19.0 Å². The number of amides is 2. The number of para-hydroxylation sites is 1. The molecule has 2 amide bonds. The minimum Gasteiger partial charge on any atom is -0.497 e. The maximum Gasteiger partial charge on any atom is 0.330 e. The standard InChI is InChI=1S/C40H42N4O6/c1-49-29-19-20-31-34(21-29)42-33(26-13-7-5-8-14-26)23-36(31)50-30-22-35-37(45)43-40(39(47)48)24-27(40)15-9-3-2-4-12-18-32(38(46)44(35)25-30)41-28-16-10-6-11-17-28/h5-11,13-17,19-21,23,27,30,32,35,41H,2-4,12,18,22,24-25H2,1H3,(H,43,45)(H,47,48)/b15-9-/t27-,30+,32-,35-,40+/m0/s1. The number of benzene rings is 3. The van der Waals surface area contributed by atoms with E-state index in [-0.39, 0.29) is 24.8 Å². The second-order valence-electron chi connectivity index (χ2n) is 13.4. The van der Waals surface area contributed by atoms with Gasteiger partial charge >= 0.3 is 5.97 Å². The van der Waals surface area contributed by atoms with Gasteiger partial charge in [-0.3, -0.25) is 9.59 Å². The molecular formula is C40H42N4O6. The van der Waals surface area contributed by atoms with Crippen LogP contribution in [0.2, 0.25) is 0 Å². The van der Waals surface area contributed by atoms with E-state index in [1.807, 2.05) is 97.1 Å². The quantitative estimate of drug-likeness (QED) is 0.197. The van der Waals surface area contributed by atoms with Crippen LogP contribution in [0.25, 0.3) is 22.2 Å². The van der Waals surface area contributed by atoms with Crippen molar-refractivity contribution in [2.45, 2.75) is 68.7 Å². The molecule has 3 aromatic carbocycles. The average molecular weight is 675 g/mol. The van der Waals surface area contributed by atoms with Crippen LogP contribution in [-0.4, -0.2) is 70.2 Å². The van der Waals surface area contributed by atoms with Crippen LogP contribution in [0.3, 0.4) is 0 Å². The number of pyridine rings is 1. The van der Waals surface area contributed by atoms with Gasteiger partial charge in [0, 0.05) is 41.1 Å². The van der Waals surface area contributed by atoms with E-state index in [4.69, 9.17) is 14.5 Å². The fraction of sp³-hybridized carbons (Fsp3) is 0.350. The fourth-order valence-electron chi connectivity index (χ4n) is 7.22. The summed E-state index contributed by atoms with van der Waals surface area (Å²) in [6.07, 6.45) is 8.01. The topological polar surface area (TPSA) is 130 Å². The zero-order valence-corrected chi connectivity index (χ0v) is 28.1. The number of carbonyl (C=O) groups is 3. The van der Waals surface area contributed by atoms with Crippen molar-refractivity contribution in [3.05, 3.63) is 97.1 Å². The molecule has 3 heterocycles. The van der Waals surface area contributed by atoms with Crippen molar-refractivity contribution in [1.29, 1.82) is 0 Å². The minimum absolute atomic E-state index is 0.161. The van der Waals surface area contributed by atoms with E-state index >= 15 is 0 Å². The minimum atomic E-state index is -1.38. The van der Waals surface area contributed by atoms with Crippen molar-refractivity contribution in [2.24, 2.45) is 5.92 Å². The first-order valence-corrected chi connectivity index (χ1v) is 17.4. The van der Waals surface area contributed by atoms with E-state index in [1.54, 1.807) is 12.0 Å². The number of allylic oxidation sites excluding steroid dienone is 1. The molecule has 258 valence electrons. The number of rotatable bonds is 7. The summed E-state index contributed by atoms with van der Waals surface area (Å²) in [5.74, 6) is -0.817. The van der Waals surface area contributed by atoms with Crippen LogP contribution in [-0.2, 0) is 14.4 Å². The molecule has 1 aliphatic carbocycles. The third kappa shape index (κ3) is 6.88. The van der Waals surface area contributed by atoms with Gasteiger partial charge in [0.15, 0.2) is 0 Å². The highest BCUT2D eigenvalue weighted by molar-refractivity contribution is 5.96. The van der Waals surface area contributed by atoms with Crippen molar-refractivity contribution in [3.63, 3.8) is 0 Å². The van der Waals surface area contributed by atoms with E-state index in [0.717, 1.165) is 42.3 Å². The summed E-state index contributed by atoms with van der Waals surface area (Å²) < 4.78 is 12.2. The van der Waals surface area contributed by atoms with Gasteiger partial charge in [0.1, 0.15) is 35.2 Å². The number of anilines is 1. The fourth-order valence-corrected chi connectivity index (χ4v) is 7.22. The van der Waals surface area contributed by atoms with Gasteiger partial charge in [0.05, 0.1) is 24.9 Å². The molecule has 0 unspecified atom stereocenters. The van der Waals surface area contributed by atoms with Crippen molar-refractivity contribution < 1.29 is 29.0 Å². The summed E-state index contributed by atoms with van der Waals surface area (Å²) >= 11 is 0. The third-order valence-corrected chi connectivity index (χ3v) is 10.1. The van der Waals surface area contributed by atoms with Crippen LogP contribution in [0, 0.1) is 5.92 Å². The van der Waals surface area contributed by atoms with Gasteiger partial charge in [-0.25, -0.2) is 9.78 Å². The molecule has 0 spiro atoms. The molecule has 3 N–H and O–H groups in total. The van der Waals surface area contributed by atoms with E-state index in [0.29, 0.717) is 35.6 Å². The number of carboxylic acid groups (broad SMARTS) is 1. The van der Waals surface area contributed by atoms with Gasteiger partial charge in [-0.2, -0.15) is 0 Å². The van der Waals surface area contributed by atoms with Crippen molar-refractivity contribution in [1.82, 2.24) is 15.2 Å². The Morgan fingerprint density at radius 3 is 2.54 bits per heavy atom. The number of ether oxygens (including phenoxy) is 2. The summed E-state index contributed by atoms with van der Waals surface area (Å²) in [5, 5.41) is 17.3. The molecule has 7 rings (SSSR count). The Kier molecular flexibility index (Phi) is 9.43. The molecule has 50 heavy (non-hydrogen) atoms. The van der Waals surface area contributed by atoms with E-state index in [1.165, 1.54) is 0 Å². The lowest BCUT2D eigenvalue weighted by Crippen LogP contribution is -2.55. The number of nitrogens with zero attached hydrogens (tertiary/aromatic N) is 2. The maximum absolute atomic E-state index is 14.5. The number of carboxylic acids is 1. The zero-order chi connectivity index (χ0) is 34.7. The van der Waals surface area contributed by atoms with E-state index in [9.17, 15) is 19.5 Å². The lowest BCUT2D eigenvalue weighted by molar-refractivity contribution is -0.145. The van der Waals surface area contributed by atoms with Gasteiger partial charge in [-0.05, 0) is 49.9 Å². The molecular weight excluding hydrogens is 632 g/mol. The SMILES string of the molecule is COc1ccc2c(O[C@@H]3C[C@H]4C(=O)N[C@]5(C(=O)O)C[C@@H]5/C=C\CCCCC[C@H](Nc5ccccc5)C(=O)N4C3)cc(-c3ccccc3)nc2c1. The maximum atomic E-state index is 14.5. The number of hydrogen-bond donors (Lipinski definition) is 3. The predicted octanol–water partition coefficient (Wildman–Crippen LogP) is 6.22. The average Bonchev–Trinajstić information content (AvgIpc) is 3.67. The molecule has 1 saturated carbocycles. The predicted molar refractivity (Wildman–Crippen MR) is 191 cm³/mol. The van der Waals surface area contributed by atoms with Crippen LogP contribution in [0.5, 0.6) is 11.5 Å². The summed E-state index contributed by atoms with van der Waals surface area (Å²) in [6, 6.07) is 25.4. The van der Waals surface area contributed by atoms with Crippen LogP contribution < -0.4 is 20.1 Å². The van der Waals surface area contributed by atoms with E-state index < -0.39 is 35.6 Å². The first kappa shape index (κ1) is 33.1. The number of hydrogen-bond acceptors (Lipinski definition) is 7. The zero-order valence-electron chi connectivity index (χ0n) is 28.1. The Labute approximate surface area is 291 Å². The highest BCUT2D eigenvalue weighted by Crippen LogP contribution is 2.45. The number of methoxy groups -OCH3 is 1. The lowest BCUT2D eigenvalue weighted by atomic mass is 10.0. The second-order valence-corrected chi connectivity index (χ2v) is 13.4. The summed E-state index contributed by atoms with van der Waals surface area (Å²) in [7, 11) is 1.61. The van der Waals surface area contributed by atoms with Crippen LogP contribution in [0.1, 0.15) is 44.9 Å². The third-order valence-electron chi connectivity index (χ3n) is 10.1. The van der Waals surface area contributed by atoms with Gasteiger partial charge in [0.25, 0.3) is 0 Å². The molecule has 0 bridgehead atoms. The van der Waals surface area contributed by atoms with Gasteiger partial charge < -0.3 is 30.1 Å². The Hall–Kier alpha value is -5.38. The number of nitrogens with one attached hydrogen (secondary N) is 2.